The van der Waals surface area contributed by atoms with Gasteiger partial charge in [-0.15, -0.1) is 0 Å². The van der Waals surface area contributed by atoms with Crippen molar-refractivity contribution in [1.29, 1.82) is 0 Å². The van der Waals surface area contributed by atoms with Crippen molar-refractivity contribution in [3.8, 4) is 5.75 Å². The second-order valence-corrected chi connectivity index (χ2v) is 8.98. The van der Waals surface area contributed by atoms with Gasteiger partial charge in [-0.25, -0.2) is 4.98 Å². The van der Waals surface area contributed by atoms with Gasteiger partial charge in [0.15, 0.2) is 0 Å². The quantitative estimate of drug-likeness (QED) is 0.654. The predicted octanol–water partition coefficient (Wildman–Crippen LogP) is 4.72. The number of rotatable bonds is 3. The highest BCUT2D eigenvalue weighted by Crippen LogP contribution is 2.60. The highest BCUT2D eigenvalue weighted by molar-refractivity contribution is 9.10. The molecule has 2 atom stereocenters. The van der Waals surface area contributed by atoms with E-state index >= 15 is 0 Å². The van der Waals surface area contributed by atoms with E-state index in [0.717, 1.165) is 60.0 Å². The van der Waals surface area contributed by atoms with Gasteiger partial charge in [0.25, 0.3) is 0 Å². The number of halogens is 2. The maximum absolute atomic E-state index is 6.76. The Morgan fingerprint density at radius 1 is 1.31 bits per heavy atom. The smallest absolute Gasteiger partial charge is 0.134 e. The standard InChI is InChI=1S/C20H20BrClN2O2/c1-25-14-4-2-13(3-5-14)9-24-11-19(6-7-20(10-19)12-26-20)16-17(22)15(21)8-23-18(16)24/h2-5,8H,6-7,9-12H2,1H3/t19-,20-/m0/s1. The lowest BCUT2D eigenvalue weighted by molar-refractivity contribution is 0.295. The summed E-state index contributed by atoms with van der Waals surface area (Å²) in [5.74, 6) is 1.90. The first-order valence-electron chi connectivity index (χ1n) is 8.91. The van der Waals surface area contributed by atoms with Crippen LogP contribution in [-0.4, -0.2) is 30.8 Å². The van der Waals surface area contributed by atoms with Crippen LogP contribution >= 0.6 is 27.5 Å². The van der Waals surface area contributed by atoms with Crippen molar-refractivity contribution in [2.24, 2.45) is 0 Å². The molecule has 1 aromatic heterocycles. The van der Waals surface area contributed by atoms with Gasteiger partial charge in [0.1, 0.15) is 11.6 Å². The number of anilines is 1. The lowest BCUT2D eigenvalue weighted by Gasteiger charge is -2.26. The average molecular weight is 436 g/mol. The van der Waals surface area contributed by atoms with E-state index in [4.69, 9.17) is 26.1 Å². The lowest BCUT2D eigenvalue weighted by Crippen LogP contribution is -2.32. The molecule has 1 aromatic carbocycles. The third-order valence-electron chi connectivity index (χ3n) is 6.08. The van der Waals surface area contributed by atoms with Gasteiger partial charge in [0, 0.05) is 30.3 Å². The fourth-order valence-corrected chi connectivity index (χ4v) is 5.36. The maximum atomic E-state index is 6.76. The number of epoxide rings is 1. The van der Waals surface area contributed by atoms with Crippen molar-refractivity contribution in [1.82, 2.24) is 4.98 Å². The van der Waals surface area contributed by atoms with Gasteiger partial charge in [0.2, 0.25) is 0 Å². The summed E-state index contributed by atoms with van der Waals surface area (Å²) >= 11 is 10.3. The van der Waals surface area contributed by atoms with Crippen LogP contribution in [0.2, 0.25) is 5.02 Å². The summed E-state index contributed by atoms with van der Waals surface area (Å²) in [7, 11) is 1.69. The number of hydrogen-bond donors (Lipinski definition) is 0. The minimum absolute atomic E-state index is 0.0478. The monoisotopic (exact) mass is 434 g/mol. The zero-order valence-electron chi connectivity index (χ0n) is 14.6. The fourth-order valence-electron chi connectivity index (χ4n) is 4.73. The van der Waals surface area contributed by atoms with Crippen LogP contribution < -0.4 is 9.64 Å². The summed E-state index contributed by atoms with van der Waals surface area (Å²) in [6, 6.07) is 8.24. The van der Waals surface area contributed by atoms with E-state index in [1.807, 2.05) is 18.3 Å². The van der Waals surface area contributed by atoms with Gasteiger partial charge >= 0.3 is 0 Å². The van der Waals surface area contributed by atoms with Crippen LogP contribution in [0, 0.1) is 0 Å². The Morgan fingerprint density at radius 2 is 2.08 bits per heavy atom. The highest BCUT2D eigenvalue weighted by Gasteiger charge is 2.60. The topological polar surface area (TPSA) is 37.9 Å². The second kappa shape index (κ2) is 5.85. The number of methoxy groups -OCH3 is 1. The molecule has 3 aliphatic rings. The second-order valence-electron chi connectivity index (χ2n) is 7.75. The van der Waals surface area contributed by atoms with Crippen LogP contribution in [0.4, 0.5) is 5.82 Å². The van der Waals surface area contributed by atoms with Crippen molar-refractivity contribution in [3.05, 3.63) is 51.1 Å². The molecule has 0 unspecified atom stereocenters. The number of ether oxygens (including phenoxy) is 2. The van der Waals surface area contributed by atoms with E-state index < -0.39 is 0 Å². The molecule has 4 nitrogen and oxygen atoms in total. The van der Waals surface area contributed by atoms with E-state index in [0.29, 0.717) is 0 Å². The Balaban J connectivity index is 1.51. The molecule has 1 saturated carbocycles. The van der Waals surface area contributed by atoms with Crippen LogP contribution in [0.5, 0.6) is 5.75 Å². The molecule has 1 aliphatic carbocycles. The summed E-state index contributed by atoms with van der Waals surface area (Å²) in [5.41, 5.74) is 2.59. The minimum atomic E-state index is 0.0478. The summed E-state index contributed by atoms with van der Waals surface area (Å²) in [6.07, 6.45) is 5.09. The van der Waals surface area contributed by atoms with Gasteiger partial charge in [-0.05, 0) is 52.9 Å². The Kier molecular flexibility index (Phi) is 3.79. The van der Waals surface area contributed by atoms with Crippen LogP contribution in [-0.2, 0) is 16.7 Å². The Hall–Kier alpha value is -1.30. The molecule has 26 heavy (non-hydrogen) atoms. The fraction of sp³-hybridized carbons (Fsp3) is 0.450. The van der Waals surface area contributed by atoms with Crippen molar-refractivity contribution >= 4 is 33.3 Å². The zero-order chi connectivity index (χ0) is 17.9. The summed E-state index contributed by atoms with van der Waals surface area (Å²) in [6.45, 7) is 2.65. The first kappa shape index (κ1) is 16.8. The molecule has 6 heteroatoms. The van der Waals surface area contributed by atoms with Gasteiger partial charge in [-0.1, -0.05) is 23.7 Å². The SMILES string of the molecule is COc1ccc(CN2C[C@@]3(CC[C@@]4(CO4)C3)c3c2ncc(Br)c3Cl)cc1. The first-order chi connectivity index (χ1) is 12.5. The number of fused-ring (bicyclic) bond motifs is 2. The Labute approximate surface area is 166 Å². The van der Waals surface area contributed by atoms with E-state index in [1.165, 1.54) is 11.1 Å². The molecule has 136 valence electrons. The number of aromatic nitrogens is 1. The molecule has 2 aliphatic heterocycles. The van der Waals surface area contributed by atoms with Gasteiger partial charge < -0.3 is 14.4 Å². The molecule has 0 amide bonds. The number of nitrogens with zero attached hydrogens (tertiary/aromatic N) is 2. The molecule has 0 bridgehead atoms. The molecule has 5 rings (SSSR count). The minimum Gasteiger partial charge on any atom is -0.497 e. The molecule has 2 aromatic rings. The number of hydrogen-bond acceptors (Lipinski definition) is 4. The molecule has 3 heterocycles. The summed E-state index contributed by atoms with van der Waals surface area (Å²) < 4.78 is 11.9. The first-order valence-corrected chi connectivity index (χ1v) is 10.1. The Bertz CT molecular complexity index is 869. The Morgan fingerprint density at radius 3 is 2.73 bits per heavy atom. The molecular formula is C20H20BrClN2O2. The van der Waals surface area contributed by atoms with E-state index in [1.54, 1.807) is 7.11 Å². The summed E-state index contributed by atoms with van der Waals surface area (Å²) in [5, 5.41) is 0.810. The van der Waals surface area contributed by atoms with Crippen molar-refractivity contribution in [2.75, 3.05) is 25.2 Å². The molecule has 1 saturated heterocycles. The van der Waals surface area contributed by atoms with Gasteiger partial charge in [-0.3, -0.25) is 0 Å². The van der Waals surface area contributed by atoms with Crippen molar-refractivity contribution in [2.45, 2.75) is 36.8 Å². The van der Waals surface area contributed by atoms with E-state index in [-0.39, 0.29) is 11.0 Å². The van der Waals surface area contributed by atoms with Gasteiger partial charge in [0.05, 0.1) is 28.8 Å². The van der Waals surface area contributed by atoms with E-state index in [9.17, 15) is 0 Å². The molecule has 2 spiro atoms. The van der Waals surface area contributed by atoms with Crippen LogP contribution in [0.1, 0.15) is 30.4 Å². The highest BCUT2D eigenvalue weighted by atomic mass is 79.9. The molecule has 2 fully saturated rings. The number of benzene rings is 1. The van der Waals surface area contributed by atoms with Crippen LogP contribution in [0.3, 0.4) is 0 Å². The predicted molar refractivity (Wildman–Crippen MR) is 105 cm³/mol. The van der Waals surface area contributed by atoms with Crippen molar-refractivity contribution in [3.63, 3.8) is 0 Å². The summed E-state index contributed by atoms with van der Waals surface area (Å²) in [4.78, 5) is 7.12. The maximum Gasteiger partial charge on any atom is 0.134 e. The molecular weight excluding hydrogens is 416 g/mol. The van der Waals surface area contributed by atoms with E-state index in [2.05, 4.69) is 33.0 Å². The third-order valence-corrected chi connectivity index (χ3v) is 7.30. The van der Waals surface area contributed by atoms with Gasteiger partial charge in [-0.2, -0.15) is 0 Å². The normalized spacial score (nSPS) is 28.8. The largest absolute Gasteiger partial charge is 0.497 e. The lowest BCUT2D eigenvalue weighted by atomic mass is 9.80. The van der Waals surface area contributed by atoms with Crippen LogP contribution in [0.15, 0.2) is 34.9 Å². The molecule has 0 radical (unpaired) electrons. The van der Waals surface area contributed by atoms with Crippen LogP contribution in [0.25, 0.3) is 0 Å². The number of pyridine rings is 1. The molecule has 0 N–H and O–H groups in total. The average Bonchev–Trinajstić information content (AvgIpc) is 3.20. The zero-order valence-corrected chi connectivity index (χ0v) is 16.9. The van der Waals surface area contributed by atoms with Crippen molar-refractivity contribution < 1.29 is 9.47 Å². The third kappa shape index (κ3) is 2.55.